The highest BCUT2D eigenvalue weighted by atomic mass is 16.5. The van der Waals surface area contributed by atoms with E-state index < -0.39 is 23.9 Å². The number of methoxy groups -OCH3 is 2. The summed E-state index contributed by atoms with van der Waals surface area (Å²) in [6, 6.07) is 18.7. The zero-order chi connectivity index (χ0) is 31.5. The maximum absolute atomic E-state index is 12.6. The minimum absolute atomic E-state index is 0.184. The lowest BCUT2D eigenvalue weighted by molar-refractivity contribution is -0.139. The van der Waals surface area contributed by atoms with E-state index in [1.807, 2.05) is 30.3 Å². The van der Waals surface area contributed by atoms with Gasteiger partial charge in [-0.15, -0.1) is 0 Å². The van der Waals surface area contributed by atoms with Crippen LogP contribution in [0.1, 0.15) is 36.6 Å². The Morgan fingerprint density at radius 3 is 2.36 bits per heavy atom. The Balaban J connectivity index is 1.35. The number of hydrogen-bond donors (Lipinski definition) is 3. The van der Waals surface area contributed by atoms with Crippen molar-refractivity contribution < 1.29 is 38.1 Å². The van der Waals surface area contributed by atoms with E-state index >= 15 is 0 Å². The standard InChI is InChI=1S/C32H34N4O8/c1-5-42-31(38)29-20(2)34-32(39)35-30(29)23-12-14-25(27(16-23)41-4)44-19-28(37)36-33-17-22-11-13-24(26(15-22)40-3)43-18-21-9-7-6-8-10-21/h6-17,30H,5,18-19H2,1-4H3,(H,36,37)(H2,34,35,39)/b33-17-/t30-/m0/s1. The fourth-order valence-corrected chi connectivity index (χ4v) is 4.38. The number of allylic oxidation sites excluding steroid dienone is 1. The zero-order valence-corrected chi connectivity index (χ0v) is 24.8. The van der Waals surface area contributed by atoms with Crippen LogP contribution in [-0.4, -0.2) is 51.6 Å². The molecule has 1 aliphatic heterocycles. The molecule has 0 saturated carbocycles. The van der Waals surface area contributed by atoms with Gasteiger partial charge in [0.15, 0.2) is 29.6 Å². The number of rotatable bonds is 13. The van der Waals surface area contributed by atoms with Gasteiger partial charge in [0.2, 0.25) is 0 Å². The first-order chi connectivity index (χ1) is 21.3. The topological polar surface area (TPSA) is 146 Å². The van der Waals surface area contributed by atoms with Crippen LogP contribution in [0.15, 0.2) is 83.1 Å². The molecular formula is C32H34N4O8. The summed E-state index contributed by atoms with van der Waals surface area (Å²) in [6.07, 6.45) is 1.47. The van der Waals surface area contributed by atoms with Gasteiger partial charge in [-0.05, 0) is 60.9 Å². The average Bonchev–Trinajstić information content (AvgIpc) is 3.03. The smallest absolute Gasteiger partial charge is 0.338 e. The van der Waals surface area contributed by atoms with E-state index in [9.17, 15) is 14.4 Å². The molecule has 3 aromatic carbocycles. The number of hydrogen-bond acceptors (Lipinski definition) is 9. The third-order valence-electron chi connectivity index (χ3n) is 6.47. The summed E-state index contributed by atoms with van der Waals surface area (Å²) in [6.45, 7) is 3.56. The molecule has 230 valence electrons. The lowest BCUT2D eigenvalue weighted by Gasteiger charge is -2.28. The molecule has 0 radical (unpaired) electrons. The van der Waals surface area contributed by atoms with Gasteiger partial charge in [-0.1, -0.05) is 36.4 Å². The summed E-state index contributed by atoms with van der Waals surface area (Å²) in [7, 11) is 2.99. The van der Waals surface area contributed by atoms with Crippen molar-refractivity contribution in [3.05, 3.63) is 94.7 Å². The van der Waals surface area contributed by atoms with E-state index in [4.69, 9.17) is 23.7 Å². The normalized spacial score (nSPS) is 14.4. The number of nitrogens with zero attached hydrogens (tertiary/aromatic N) is 1. The second-order valence-corrected chi connectivity index (χ2v) is 9.47. The fraction of sp³-hybridized carbons (Fsp3) is 0.250. The van der Waals surface area contributed by atoms with Gasteiger partial charge in [-0.3, -0.25) is 4.79 Å². The molecule has 0 aliphatic carbocycles. The molecule has 3 amide bonds. The summed E-state index contributed by atoms with van der Waals surface area (Å²) in [4.78, 5) is 37.2. The van der Waals surface area contributed by atoms with Crippen molar-refractivity contribution in [2.45, 2.75) is 26.5 Å². The highest BCUT2D eigenvalue weighted by Crippen LogP contribution is 2.34. The Morgan fingerprint density at radius 2 is 1.64 bits per heavy atom. The predicted molar refractivity (Wildman–Crippen MR) is 162 cm³/mol. The van der Waals surface area contributed by atoms with Crippen LogP contribution in [-0.2, 0) is 20.9 Å². The molecule has 3 N–H and O–H groups in total. The van der Waals surface area contributed by atoms with Gasteiger partial charge in [0.1, 0.15) is 6.61 Å². The van der Waals surface area contributed by atoms with Crippen molar-refractivity contribution in [3.63, 3.8) is 0 Å². The van der Waals surface area contributed by atoms with Crippen LogP contribution in [0.25, 0.3) is 0 Å². The third-order valence-corrected chi connectivity index (χ3v) is 6.47. The number of benzene rings is 3. The van der Waals surface area contributed by atoms with Crippen molar-refractivity contribution in [2.75, 3.05) is 27.4 Å². The van der Waals surface area contributed by atoms with Gasteiger partial charge in [-0.25, -0.2) is 15.0 Å². The summed E-state index contributed by atoms with van der Waals surface area (Å²) in [5.41, 5.74) is 5.36. The zero-order valence-electron chi connectivity index (χ0n) is 24.8. The maximum Gasteiger partial charge on any atom is 0.338 e. The minimum atomic E-state index is -0.772. The minimum Gasteiger partial charge on any atom is -0.493 e. The number of hydrazone groups is 1. The van der Waals surface area contributed by atoms with Gasteiger partial charge >= 0.3 is 12.0 Å². The molecule has 0 unspecified atom stereocenters. The summed E-state index contributed by atoms with van der Waals surface area (Å²) in [5.74, 6) is 0.635. The number of urea groups is 1. The van der Waals surface area contributed by atoms with Crippen molar-refractivity contribution in [3.8, 4) is 23.0 Å². The molecule has 1 atom stereocenters. The molecule has 0 aromatic heterocycles. The number of amides is 3. The SMILES string of the molecule is CCOC(=O)C1=C(C)NC(=O)N[C@H]1c1ccc(OCC(=O)N/N=C\c2ccc(OCc3ccccc3)c(OC)c2)c(OC)c1. The third kappa shape index (κ3) is 8.06. The largest absolute Gasteiger partial charge is 0.493 e. The molecule has 0 bridgehead atoms. The number of carbonyl (C=O) groups is 3. The van der Waals surface area contributed by atoms with E-state index in [-0.39, 0.29) is 24.5 Å². The first-order valence-corrected chi connectivity index (χ1v) is 13.8. The number of ether oxygens (including phenoxy) is 5. The predicted octanol–water partition coefficient (Wildman–Crippen LogP) is 4.00. The molecular weight excluding hydrogens is 568 g/mol. The van der Waals surface area contributed by atoms with Crippen molar-refractivity contribution in [1.82, 2.24) is 16.1 Å². The van der Waals surface area contributed by atoms with Crippen LogP contribution in [0.4, 0.5) is 4.79 Å². The van der Waals surface area contributed by atoms with E-state index in [1.165, 1.54) is 13.3 Å². The molecule has 44 heavy (non-hydrogen) atoms. The molecule has 0 fully saturated rings. The van der Waals surface area contributed by atoms with Crippen LogP contribution in [0.2, 0.25) is 0 Å². The number of esters is 1. The van der Waals surface area contributed by atoms with Crippen molar-refractivity contribution in [1.29, 1.82) is 0 Å². The van der Waals surface area contributed by atoms with Gasteiger partial charge in [0.05, 0.1) is 38.7 Å². The highest BCUT2D eigenvalue weighted by molar-refractivity contribution is 5.95. The molecule has 4 rings (SSSR count). The first kappa shape index (κ1) is 31.4. The second-order valence-electron chi connectivity index (χ2n) is 9.47. The Bertz CT molecular complexity index is 1560. The van der Waals surface area contributed by atoms with Crippen LogP contribution in [0.3, 0.4) is 0 Å². The average molecular weight is 603 g/mol. The van der Waals surface area contributed by atoms with Crippen LogP contribution in [0, 0.1) is 0 Å². The Kier molecular flexibility index (Phi) is 10.8. The van der Waals surface area contributed by atoms with Crippen LogP contribution >= 0.6 is 0 Å². The quantitative estimate of drug-likeness (QED) is 0.151. The molecule has 1 heterocycles. The van der Waals surface area contributed by atoms with Crippen molar-refractivity contribution >= 4 is 24.1 Å². The van der Waals surface area contributed by atoms with Gasteiger partial charge in [0.25, 0.3) is 5.91 Å². The molecule has 0 spiro atoms. The Hall–Kier alpha value is -5.52. The second kappa shape index (κ2) is 15.1. The Labute approximate surface area is 255 Å². The first-order valence-electron chi connectivity index (χ1n) is 13.8. The van der Waals surface area contributed by atoms with Gasteiger partial charge in [0, 0.05) is 5.70 Å². The molecule has 12 nitrogen and oxygen atoms in total. The monoisotopic (exact) mass is 602 g/mol. The van der Waals surface area contributed by atoms with E-state index in [1.54, 1.807) is 57.4 Å². The van der Waals surface area contributed by atoms with Crippen LogP contribution in [0.5, 0.6) is 23.0 Å². The Morgan fingerprint density at radius 1 is 0.932 bits per heavy atom. The van der Waals surface area contributed by atoms with E-state index in [2.05, 4.69) is 21.2 Å². The highest BCUT2D eigenvalue weighted by Gasteiger charge is 2.32. The molecule has 12 heteroatoms. The van der Waals surface area contributed by atoms with Gasteiger partial charge < -0.3 is 34.3 Å². The van der Waals surface area contributed by atoms with Gasteiger partial charge in [-0.2, -0.15) is 5.10 Å². The van der Waals surface area contributed by atoms with E-state index in [0.717, 1.165) is 5.56 Å². The lowest BCUT2D eigenvalue weighted by atomic mass is 9.95. The maximum atomic E-state index is 12.6. The summed E-state index contributed by atoms with van der Waals surface area (Å²) < 4.78 is 27.6. The molecule has 0 saturated heterocycles. The number of nitrogens with one attached hydrogen (secondary N) is 3. The lowest BCUT2D eigenvalue weighted by Crippen LogP contribution is -2.45. The molecule has 1 aliphatic rings. The van der Waals surface area contributed by atoms with Crippen LogP contribution < -0.4 is 35.0 Å². The van der Waals surface area contributed by atoms with E-state index in [0.29, 0.717) is 40.7 Å². The fourth-order valence-electron chi connectivity index (χ4n) is 4.38. The summed E-state index contributed by atoms with van der Waals surface area (Å²) >= 11 is 0. The summed E-state index contributed by atoms with van der Waals surface area (Å²) in [5, 5.41) is 9.32. The molecule has 3 aromatic rings. The number of carbonyl (C=O) groups excluding carboxylic acids is 3. The van der Waals surface area contributed by atoms with Crippen molar-refractivity contribution in [2.24, 2.45) is 5.10 Å².